The molecule has 6 N–H and O–H groups in total. The average molecular weight is 764 g/mol. The van der Waals surface area contributed by atoms with Crippen molar-refractivity contribution < 1.29 is 35.1 Å². The minimum Gasteiger partial charge on any atom is -0.507 e. The summed E-state index contributed by atoms with van der Waals surface area (Å²) in [4.78, 5) is 42.7. The zero-order chi connectivity index (χ0) is 39.6. The van der Waals surface area contributed by atoms with Gasteiger partial charge in [0.2, 0.25) is 0 Å². The van der Waals surface area contributed by atoms with Gasteiger partial charge in [-0.15, -0.1) is 0 Å². The van der Waals surface area contributed by atoms with Crippen LogP contribution < -0.4 is 20.9 Å². The second-order valence-electron chi connectivity index (χ2n) is 16.8. The van der Waals surface area contributed by atoms with Gasteiger partial charge < -0.3 is 35.6 Å². The van der Waals surface area contributed by atoms with Gasteiger partial charge in [0.05, 0.1) is 54.9 Å². The standard InChI is InChI=1S/C46H53NO9/c1-22-17-31-30(6-4-5-24-7-11-28(51)12-8-24)45(55)39-33(54)19-27(21-49)35-36-26(20-48)18-32(53)38-41(36)42(37(31)40(35)39)43(34(22)23(2)50)46(56-3)44(38)47-16-15-25-9-13-29(52)14-10-25/h17-19,24-25,28-29,34,47-49,51-52,55H,4-16,20-21H2,1-3H3. The van der Waals surface area contributed by atoms with Gasteiger partial charge in [-0.25, -0.2) is 0 Å². The number of methoxy groups -OCH3 is 1. The number of rotatable bonds is 12. The lowest BCUT2D eigenvalue weighted by atomic mass is 9.78. The highest BCUT2D eigenvalue weighted by Crippen LogP contribution is 2.56. The number of benzene rings is 5. The largest absolute Gasteiger partial charge is 0.507 e. The third-order valence-corrected chi connectivity index (χ3v) is 13.4. The average Bonchev–Trinajstić information content (AvgIpc) is 3.31. The molecule has 0 aromatic heterocycles. The fourth-order valence-electron chi connectivity index (χ4n) is 10.8. The summed E-state index contributed by atoms with van der Waals surface area (Å²) < 4.78 is 6.28. The number of aliphatic hydroxyl groups is 4. The molecule has 1 unspecified atom stereocenters. The lowest BCUT2D eigenvalue weighted by molar-refractivity contribution is -0.117. The van der Waals surface area contributed by atoms with Crippen molar-refractivity contribution in [1.29, 1.82) is 0 Å². The summed E-state index contributed by atoms with van der Waals surface area (Å²) in [6.07, 6.45) is 11.1. The zero-order valence-electron chi connectivity index (χ0n) is 32.6. The fourth-order valence-corrected chi connectivity index (χ4v) is 10.8. The molecule has 0 aliphatic heterocycles. The van der Waals surface area contributed by atoms with Crippen LogP contribution in [0.1, 0.15) is 118 Å². The zero-order valence-corrected chi connectivity index (χ0v) is 32.6. The third kappa shape index (κ3) is 6.20. The van der Waals surface area contributed by atoms with Crippen LogP contribution >= 0.6 is 0 Å². The van der Waals surface area contributed by atoms with E-state index in [9.17, 15) is 39.9 Å². The van der Waals surface area contributed by atoms with Crippen molar-refractivity contribution >= 4 is 60.6 Å². The summed E-state index contributed by atoms with van der Waals surface area (Å²) in [5, 5.41) is 61.3. The molecule has 0 bridgehead atoms. The van der Waals surface area contributed by atoms with E-state index in [1.807, 2.05) is 13.0 Å². The number of hydrogen-bond donors (Lipinski definition) is 6. The molecule has 0 saturated heterocycles. The van der Waals surface area contributed by atoms with E-state index < -0.39 is 24.6 Å². The molecule has 56 heavy (non-hydrogen) atoms. The molecule has 2 fully saturated rings. The minimum atomic E-state index is -0.800. The van der Waals surface area contributed by atoms with E-state index in [0.29, 0.717) is 102 Å². The normalized spacial score (nSPS) is 22.7. The second kappa shape index (κ2) is 15.2. The smallest absolute Gasteiger partial charge is 0.190 e. The van der Waals surface area contributed by atoms with E-state index in [2.05, 4.69) is 5.32 Å². The number of carbonyl (C=O) groups excluding carboxylic acids is 1. The third-order valence-electron chi connectivity index (χ3n) is 13.4. The van der Waals surface area contributed by atoms with E-state index >= 15 is 0 Å². The SMILES string of the molecule is COc1c(NCCC2CCC(O)CC2)c2c(=O)cc(CO)c3c4c(CO)cc(=O)c5c(O)c(CCCC6CCC(O)CC6)c6c(c(c1C(C(C)=O)C(C)=C6)c23)c54. The maximum Gasteiger partial charge on any atom is 0.190 e. The van der Waals surface area contributed by atoms with Crippen molar-refractivity contribution in [2.24, 2.45) is 11.8 Å². The summed E-state index contributed by atoms with van der Waals surface area (Å²) in [5.74, 6) is 0.134. The summed E-state index contributed by atoms with van der Waals surface area (Å²) in [6.45, 7) is 2.95. The highest BCUT2D eigenvalue weighted by Gasteiger charge is 2.37. The van der Waals surface area contributed by atoms with Gasteiger partial charge in [0, 0.05) is 28.4 Å². The first-order chi connectivity index (χ1) is 27.0. The Labute approximate surface area is 325 Å². The van der Waals surface area contributed by atoms with Crippen molar-refractivity contribution in [1.82, 2.24) is 0 Å². The van der Waals surface area contributed by atoms with Crippen LogP contribution in [-0.2, 0) is 24.4 Å². The maximum atomic E-state index is 14.5. The molecular weight excluding hydrogens is 711 g/mol. The van der Waals surface area contributed by atoms with Gasteiger partial charge in [-0.1, -0.05) is 18.1 Å². The van der Waals surface area contributed by atoms with Crippen LogP contribution in [0.2, 0.25) is 0 Å². The lowest BCUT2D eigenvalue weighted by Crippen LogP contribution is -2.21. The van der Waals surface area contributed by atoms with E-state index in [-0.39, 0.29) is 34.6 Å². The molecule has 0 radical (unpaired) electrons. The summed E-state index contributed by atoms with van der Waals surface area (Å²) in [6, 6.07) is 2.76. The van der Waals surface area contributed by atoms with Crippen LogP contribution in [0.4, 0.5) is 5.69 Å². The number of fused-ring (bicyclic) bond motifs is 1. The van der Waals surface area contributed by atoms with Crippen molar-refractivity contribution in [2.75, 3.05) is 19.0 Å². The summed E-state index contributed by atoms with van der Waals surface area (Å²) >= 11 is 0. The number of aliphatic hydroxyl groups excluding tert-OH is 4. The summed E-state index contributed by atoms with van der Waals surface area (Å²) in [5.41, 5.74) is 2.84. The van der Waals surface area contributed by atoms with Crippen LogP contribution in [0, 0.1) is 11.8 Å². The number of carbonyl (C=O) groups is 1. The highest BCUT2D eigenvalue weighted by molar-refractivity contribution is 6.39. The first kappa shape index (κ1) is 38.5. The van der Waals surface area contributed by atoms with E-state index in [1.54, 1.807) is 0 Å². The Hall–Kier alpha value is -4.35. The van der Waals surface area contributed by atoms with Crippen LogP contribution in [0.25, 0.3) is 49.2 Å². The Morgan fingerprint density at radius 1 is 0.768 bits per heavy atom. The number of nitrogens with one attached hydrogen (secondary N) is 1. The Morgan fingerprint density at radius 3 is 1.88 bits per heavy atom. The van der Waals surface area contributed by atoms with Crippen molar-refractivity contribution in [3.8, 4) is 11.5 Å². The van der Waals surface area contributed by atoms with E-state index in [1.165, 1.54) is 26.2 Å². The molecule has 2 saturated carbocycles. The number of phenols is 1. The van der Waals surface area contributed by atoms with Gasteiger partial charge in [0.25, 0.3) is 0 Å². The first-order valence-corrected chi connectivity index (χ1v) is 20.4. The Bertz CT molecular complexity index is 2490. The molecular formula is C46H53NO9. The minimum absolute atomic E-state index is 0.109. The Balaban J connectivity index is 1.48. The van der Waals surface area contributed by atoms with Crippen molar-refractivity contribution in [3.05, 3.63) is 66.0 Å². The van der Waals surface area contributed by atoms with Crippen LogP contribution in [0.15, 0.2) is 27.3 Å². The number of anilines is 1. The molecule has 8 rings (SSSR count). The van der Waals surface area contributed by atoms with Gasteiger partial charge in [0.1, 0.15) is 17.3 Å². The molecule has 0 amide bonds. The fraction of sp³-hybridized carbons (Fsp3) is 0.500. The predicted octanol–water partition coefficient (Wildman–Crippen LogP) is 6.91. The van der Waals surface area contributed by atoms with Gasteiger partial charge in [0.15, 0.2) is 10.9 Å². The Kier molecular flexibility index (Phi) is 10.5. The number of ketones is 1. The van der Waals surface area contributed by atoms with Gasteiger partial charge in [-0.2, -0.15) is 0 Å². The van der Waals surface area contributed by atoms with E-state index in [4.69, 9.17) is 4.74 Å². The van der Waals surface area contributed by atoms with Gasteiger partial charge >= 0.3 is 0 Å². The molecule has 296 valence electrons. The lowest BCUT2D eigenvalue weighted by Gasteiger charge is -2.28. The predicted molar refractivity (Wildman–Crippen MR) is 220 cm³/mol. The van der Waals surface area contributed by atoms with Crippen LogP contribution in [0.5, 0.6) is 11.5 Å². The number of allylic oxidation sites excluding steroid dienone is 1. The highest BCUT2D eigenvalue weighted by atomic mass is 16.5. The number of ether oxygens (including phenoxy) is 1. The molecule has 5 aromatic carbocycles. The molecule has 3 aliphatic carbocycles. The van der Waals surface area contributed by atoms with Crippen molar-refractivity contribution in [2.45, 2.75) is 122 Å². The molecule has 3 aliphatic rings. The molecule has 10 heteroatoms. The number of aromatic hydroxyl groups is 1. The Morgan fingerprint density at radius 2 is 1.32 bits per heavy atom. The molecule has 5 aromatic rings. The van der Waals surface area contributed by atoms with Gasteiger partial charge in [-0.05, 0) is 147 Å². The van der Waals surface area contributed by atoms with Crippen LogP contribution in [0.3, 0.4) is 0 Å². The van der Waals surface area contributed by atoms with Gasteiger partial charge in [-0.3, -0.25) is 14.4 Å². The monoisotopic (exact) mass is 763 g/mol. The molecule has 0 spiro atoms. The van der Waals surface area contributed by atoms with Crippen LogP contribution in [-0.4, -0.2) is 57.2 Å². The number of phenolic OH excluding ortho intramolecular Hbond substituents is 1. The number of hydrogen-bond acceptors (Lipinski definition) is 10. The number of Topliss-reactive ketones (excluding diaryl/α,β-unsaturated/α-hetero) is 1. The maximum absolute atomic E-state index is 14.5. The topological polar surface area (TPSA) is 174 Å². The quantitative estimate of drug-likeness (QED) is 0.0579. The second-order valence-corrected chi connectivity index (χ2v) is 16.8. The molecule has 10 nitrogen and oxygen atoms in total. The summed E-state index contributed by atoms with van der Waals surface area (Å²) in [7, 11) is 1.53. The molecule has 0 heterocycles. The molecule has 1 atom stereocenters. The van der Waals surface area contributed by atoms with Crippen molar-refractivity contribution in [3.63, 3.8) is 0 Å². The first-order valence-electron chi connectivity index (χ1n) is 20.4. The van der Waals surface area contributed by atoms with E-state index in [0.717, 1.165) is 76.2 Å².